The Balaban J connectivity index is 0.00000256. The second-order valence-electron chi connectivity index (χ2n) is 6.24. The van der Waals surface area contributed by atoms with E-state index in [1.807, 2.05) is 30.3 Å². The molecule has 0 aliphatic heterocycles. The van der Waals surface area contributed by atoms with Crippen LogP contribution in [0.25, 0.3) is 10.9 Å². The van der Waals surface area contributed by atoms with E-state index >= 15 is 0 Å². The van der Waals surface area contributed by atoms with E-state index in [0.717, 1.165) is 5.56 Å². The maximum Gasteiger partial charge on any atom is 0.165 e. The smallest absolute Gasteiger partial charge is 0.165 e. The largest absolute Gasteiger partial charge is 0.493 e. The molecule has 0 bridgehead atoms. The molecule has 30 heavy (non-hydrogen) atoms. The Kier molecular flexibility index (Phi) is 6.92. The molecule has 0 spiro atoms. The summed E-state index contributed by atoms with van der Waals surface area (Å²) < 4.78 is 25.7. The van der Waals surface area contributed by atoms with Crippen molar-refractivity contribution >= 4 is 46.4 Å². The molecule has 0 atom stereocenters. The molecule has 154 valence electrons. The lowest BCUT2D eigenvalue weighted by atomic mass is 10.2. The minimum absolute atomic E-state index is 0. The number of fused-ring (bicyclic) bond motifs is 1. The van der Waals surface area contributed by atoms with Crippen molar-refractivity contribution in [3.8, 4) is 11.5 Å². The fraction of sp³-hybridized carbons (Fsp3) is 0.0909. The number of aromatic nitrogens is 2. The molecule has 5 nitrogen and oxygen atoms in total. The number of hydrogen-bond acceptors (Lipinski definition) is 5. The summed E-state index contributed by atoms with van der Waals surface area (Å²) in [6.07, 6.45) is 1.40. The van der Waals surface area contributed by atoms with Gasteiger partial charge in [-0.05, 0) is 23.8 Å². The van der Waals surface area contributed by atoms with E-state index in [1.165, 1.54) is 12.4 Å². The zero-order chi connectivity index (χ0) is 20.2. The number of ether oxygens (including phenoxy) is 2. The molecular weight excluding hydrogens is 428 g/mol. The first kappa shape index (κ1) is 21.6. The zero-order valence-corrected chi connectivity index (χ0v) is 17.5. The van der Waals surface area contributed by atoms with Crippen LogP contribution >= 0.6 is 24.0 Å². The van der Waals surface area contributed by atoms with Gasteiger partial charge in [-0.25, -0.2) is 14.4 Å². The Morgan fingerprint density at radius 3 is 2.57 bits per heavy atom. The minimum Gasteiger partial charge on any atom is -0.493 e. The number of rotatable bonds is 6. The van der Waals surface area contributed by atoms with Crippen molar-refractivity contribution in [2.45, 2.75) is 6.61 Å². The Morgan fingerprint density at radius 2 is 1.80 bits per heavy atom. The molecule has 0 saturated heterocycles. The number of benzene rings is 3. The average Bonchev–Trinajstić information content (AvgIpc) is 2.75. The van der Waals surface area contributed by atoms with Crippen LogP contribution in [0.3, 0.4) is 0 Å². The summed E-state index contributed by atoms with van der Waals surface area (Å²) in [4.78, 5) is 8.55. The fourth-order valence-electron chi connectivity index (χ4n) is 2.90. The third-order valence-corrected chi connectivity index (χ3v) is 4.65. The van der Waals surface area contributed by atoms with Crippen LogP contribution in [0.5, 0.6) is 11.5 Å². The first-order chi connectivity index (χ1) is 14.2. The van der Waals surface area contributed by atoms with Gasteiger partial charge in [0.05, 0.1) is 23.3 Å². The second-order valence-corrected chi connectivity index (χ2v) is 6.65. The van der Waals surface area contributed by atoms with Gasteiger partial charge in [0.2, 0.25) is 0 Å². The highest BCUT2D eigenvalue weighted by Crippen LogP contribution is 2.35. The summed E-state index contributed by atoms with van der Waals surface area (Å²) in [7, 11) is 1.56. The van der Waals surface area contributed by atoms with E-state index in [0.29, 0.717) is 34.8 Å². The first-order valence-electron chi connectivity index (χ1n) is 8.86. The van der Waals surface area contributed by atoms with E-state index in [-0.39, 0.29) is 23.1 Å². The highest BCUT2D eigenvalue weighted by molar-refractivity contribution is 6.31. The number of nitrogens with zero attached hydrogens (tertiary/aromatic N) is 2. The summed E-state index contributed by atoms with van der Waals surface area (Å²) >= 11 is 5.87. The van der Waals surface area contributed by atoms with Gasteiger partial charge in [0.25, 0.3) is 0 Å². The lowest BCUT2D eigenvalue weighted by Gasteiger charge is -2.14. The first-order valence-corrected chi connectivity index (χ1v) is 9.24. The fourth-order valence-corrected chi connectivity index (χ4v) is 3.07. The van der Waals surface area contributed by atoms with Crippen molar-refractivity contribution in [1.29, 1.82) is 0 Å². The topological polar surface area (TPSA) is 56.3 Å². The monoisotopic (exact) mass is 445 g/mol. The molecule has 4 aromatic rings. The van der Waals surface area contributed by atoms with Gasteiger partial charge in [0.1, 0.15) is 18.8 Å². The molecular formula is C22H18Cl2FN3O2. The molecule has 1 N–H and O–H groups in total. The lowest BCUT2D eigenvalue weighted by molar-refractivity contribution is 0.285. The molecule has 4 rings (SSSR count). The van der Waals surface area contributed by atoms with Gasteiger partial charge in [-0.1, -0.05) is 48.0 Å². The summed E-state index contributed by atoms with van der Waals surface area (Å²) in [5.74, 6) is 0.972. The van der Waals surface area contributed by atoms with Gasteiger partial charge in [0.15, 0.2) is 17.3 Å². The summed E-state index contributed by atoms with van der Waals surface area (Å²) in [5.41, 5.74) is 1.89. The maximum atomic E-state index is 14.3. The molecule has 0 unspecified atom stereocenters. The van der Waals surface area contributed by atoms with Crippen molar-refractivity contribution in [3.05, 3.63) is 83.4 Å². The molecule has 8 heteroatoms. The van der Waals surface area contributed by atoms with E-state index < -0.39 is 5.82 Å². The predicted molar refractivity (Wildman–Crippen MR) is 119 cm³/mol. The predicted octanol–water partition coefficient (Wildman–Crippen LogP) is 6.18. The van der Waals surface area contributed by atoms with Crippen molar-refractivity contribution in [3.63, 3.8) is 0 Å². The lowest BCUT2D eigenvalue weighted by Crippen LogP contribution is -2.01. The molecule has 0 radical (unpaired) electrons. The number of methoxy groups -OCH3 is 1. The Bertz CT molecular complexity index is 1160. The van der Waals surface area contributed by atoms with Crippen molar-refractivity contribution < 1.29 is 13.9 Å². The SMILES string of the molecule is COc1cc2c(Nc3cccc(Cl)c3F)ncnc2cc1OCc1ccccc1.Cl. The zero-order valence-electron chi connectivity index (χ0n) is 15.9. The van der Waals surface area contributed by atoms with Gasteiger partial charge in [-0.15, -0.1) is 12.4 Å². The number of nitrogens with one attached hydrogen (secondary N) is 1. The van der Waals surface area contributed by atoms with Crippen molar-refractivity contribution in [2.75, 3.05) is 12.4 Å². The maximum absolute atomic E-state index is 14.3. The Labute approximate surface area is 184 Å². The highest BCUT2D eigenvalue weighted by atomic mass is 35.5. The third kappa shape index (κ3) is 4.56. The van der Waals surface area contributed by atoms with Gasteiger partial charge < -0.3 is 14.8 Å². The van der Waals surface area contributed by atoms with E-state index in [2.05, 4.69) is 15.3 Å². The molecule has 0 saturated carbocycles. The number of anilines is 2. The average molecular weight is 446 g/mol. The van der Waals surface area contributed by atoms with Crippen LogP contribution in [0, 0.1) is 5.82 Å². The van der Waals surface area contributed by atoms with Crippen LogP contribution in [0.2, 0.25) is 5.02 Å². The normalized spacial score (nSPS) is 10.4. The van der Waals surface area contributed by atoms with Crippen LogP contribution in [0.15, 0.2) is 67.0 Å². The van der Waals surface area contributed by atoms with Crippen LogP contribution in [-0.2, 0) is 6.61 Å². The van der Waals surface area contributed by atoms with Crippen LogP contribution in [0.1, 0.15) is 5.56 Å². The van der Waals surface area contributed by atoms with E-state index in [9.17, 15) is 4.39 Å². The van der Waals surface area contributed by atoms with Crippen LogP contribution in [-0.4, -0.2) is 17.1 Å². The van der Waals surface area contributed by atoms with Gasteiger partial charge in [0, 0.05) is 11.5 Å². The third-order valence-electron chi connectivity index (χ3n) is 4.36. The number of halogens is 3. The molecule has 0 aliphatic rings. The Morgan fingerprint density at radius 1 is 1.00 bits per heavy atom. The molecule has 3 aromatic carbocycles. The Hall–Kier alpha value is -3.09. The second kappa shape index (κ2) is 9.61. The van der Waals surface area contributed by atoms with Gasteiger partial charge >= 0.3 is 0 Å². The highest BCUT2D eigenvalue weighted by Gasteiger charge is 2.14. The minimum atomic E-state index is -0.546. The summed E-state index contributed by atoms with van der Waals surface area (Å²) in [5, 5.41) is 3.67. The van der Waals surface area contributed by atoms with Gasteiger partial charge in [-0.2, -0.15) is 0 Å². The molecule has 1 heterocycles. The molecule has 0 fully saturated rings. The van der Waals surface area contributed by atoms with Gasteiger partial charge in [-0.3, -0.25) is 0 Å². The standard InChI is InChI=1S/C22H17ClFN3O2.ClH/c1-28-19-10-15-18(11-20(19)29-12-14-6-3-2-4-7-14)25-13-26-22(15)27-17-9-5-8-16(23)21(17)24;/h2-11,13H,12H2,1H3,(H,25,26,27);1H. The van der Waals surface area contributed by atoms with Crippen molar-refractivity contribution in [2.24, 2.45) is 0 Å². The van der Waals surface area contributed by atoms with Crippen LogP contribution < -0.4 is 14.8 Å². The molecule has 1 aromatic heterocycles. The molecule has 0 amide bonds. The molecule has 0 aliphatic carbocycles. The summed E-state index contributed by atoms with van der Waals surface area (Å²) in [6, 6.07) is 18.1. The van der Waals surface area contributed by atoms with E-state index in [4.69, 9.17) is 21.1 Å². The number of hydrogen-bond donors (Lipinski definition) is 1. The summed E-state index contributed by atoms with van der Waals surface area (Å²) in [6.45, 7) is 0.395. The van der Waals surface area contributed by atoms with E-state index in [1.54, 1.807) is 31.4 Å². The van der Waals surface area contributed by atoms with Crippen LogP contribution in [0.4, 0.5) is 15.9 Å². The van der Waals surface area contributed by atoms with Crippen molar-refractivity contribution in [1.82, 2.24) is 9.97 Å². The quantitative estimate of drug-likeness (QED) is 0.384.